The number of hydrogen-bond donors (Lipinski definition) is 1. The van der Waals surface area contributed by atoms with E-state index in [0.717, 1.165) is 25.6 Å². The van der Waals surface area contributed by atoms with Crippen LogP contribution in [0.5, 0.6) is 0 Å². The third-order valence-corrected chi connectivity index (χ3v) is 3.96. The van der Waals surface area contributed by atoms with Crippen molar-refractivity contribution in [3.8, 4) is 0 Å². The summed E-state index contributed by atoms with van der Waals surface area (Å²) in [6.45, 7) is 2.03. The second-order valence-electron chi connectivity index (χ2n) is 5.55. The molecular formula is C15H19FN2O. The number of rotatable bonds is 4. The van der Waals surface area contributed by atoms with Gasteiger partial charge in [-0.3, -0.25) is 9.69 Å². The lowest BCUT2D eigenvalue weighted by molar-refractivity contribution is -0.121. The minimum atomic E-state index is -0.302. The van der Waals surface area contributed by atoms with Gasteiger partial charge in [-0.1, -0.05) is 18.2 Å². The molecule has 0 radical (unpaired) electrons. The number of amides is 1. The minimum Gasteiger partial charge on any atom is -0.352 e. The molecule has 19 heavy (non-hydrogen) atoms. The lowest BCUT2D eigenvalue weighted by Gasteiger charge is -2.15. The van der Waals surface area contributed by atoms with E-state index in [-0.39, 0.29) is 24.2 Å². The van der Waals surface area contributed by atoms with Crippen LogP contribution in [-0.2, 0) is 11.2 Å². The number of hydrogen-bond acceptors (Lipinski definition) is 2. The first-order valence-corrected chi connectivity index (χ1v) is 6.99. The number of carbonyl (C=O) groups is 1. The maximum absolute atomic E-state index is 13.5. The molecule has 4 heteroatoms. The first-order chi connectivity index (χ1) is 9.22. The maximum Gasteiger partial charge on any atom is 0.224 e. The van der Waals surface area contributed by atoms with Crippen molar-refractivity contribution in [2.75, 3.05) is 13.1 Å². The third kappa shape index (κ3) is 3.13. The first kappa shape index (κ1) is 12.6. The normalized spacial score (nSPS) is 23.5. The first-order valence-electron chi connectivity index (χ1n) is 6.99. The molecular weight excluding hydrogens is 243 g/mol. The van der Waals surface area contributed by atoms with Gasteiger partial charge >= 0.3 is 0 Å². The fraction of sp³-hybridized carbons (Fsp3) is 0.533. The molecule has 1 N–H and O–H groups in total. The van der Waals surface area contributed by atoms with E-state index in [1.165, 1.54) is 18.9 Å². The minimum absolute atomic E-state index is 0.0762. The van der Waals surface area contributed by atoms with Gasteiger partial charge in [-0.2, -0.15) is 0 Å². The van der Waals surface area contributed by atoms with E-state index in [0.29, 0.717) is 5.56 Å². The molecule has 1 aliphatic carbocycles. The molecule has 1 unspecified atom stereocenters. The van der Waals surface area contributed by atoms with Gasteiger partial charge in [0, 0.05) is 25.2 Å². The molecule has 1 amide bonds. The van der Waals surface area contributed by atoms with Crippen molar-refractivity contribution in [1.29, 1.82) is 0 Å². The summed E-state index contributed by atoms with van der Waals surface area (Å²) in [6, 6.07) is 7.46. The number of likely N-dealkylation sites (tertiary alicyclic amines) is 1. The topological polar surface area (TPSA) is 32.3 Å². The lowest BCUT2D eigenvalue weighted by Crippen LogP contribution is -2.38. The Kier molecular flexibility index (Phi) is 3.51. The fourth-order valence-electron chi connectivity index (χ4n) is 2.77. The van der Waals surface area contributed by atoms with Crippen molar-refractivity contribution in [1.82, 2.24) is 10.2 Å². The largest absolute Gasteiger partial charge is 0.352 e. The van der Waals surface area contributed by atoms with Crippen LogP contribution in [-0.4, -0.2) is 36.0 Å². The molecule has 3 nitrogen and oxygen atoms in total. The summed E-state index contributed by atoms with van der Waals surface area (Å²) < 4.78 is 13.5. The Morgan fingerprint density at radius 3 is 2.84 bits per heavy atom. The molecule has 1 aromatic carbocycles. The second kappa shape index (κ2) is 5.29. The van der Waals surface area contributed by atoms with E-state index < -0.39 is 0 Å². The summed E-state index contributed by atoms with van der Waals surface area (Å²) in [6.07, 6.45) is 3.75. The Morgan fingerprint density at radius 1 is 1.32 bits per heavy atom. The van der Waals surface area contributed by atoms with Gasteiger partial charge < -0.3 is 5.32 Å². The van der Waals surface area contributed by atoms with Gasteiger partial charge in [0.1, 0.15) is 5.82 Å². The highest BCUT2D eigenvalue weighted by Crippen LogP contribution is 2.29. The number of halogens is 1. The zero-order valence-electron chi connectivity index (χ0n) is 10.9. The zero-order valence-corrected chi connectivity index (χ0v) is 10.9. The SMILES string of the molecule is O=C(Cc1ccccc1F)NC1CCN(C2CC2)C1. The fourth-order valence-corrected chi connectivity index (χ4v) is 2.77. The average molecular weight is 262 g/mol. The highest BCUT2D eigenvalue weighted by atomic mass is 19.1. The summed E-state index contributed by atoms with van der Waals surface area (Å²) in [4.78, 5) is 14.4. The molecule has 1 aliphatic heterocycles. The molecule has 0 bridgehead atoms. The smallest absolute Gasteiger partial charge is 0.224 e. The third-order valence-electron chi connectivity index (χ3n) is 3.96. The Hall–Kier alpha value is -1.42. The van der Waals surface area contributed by atoms with Crippen molar-refractivity contribution in [2.24, 2.45) is 0 Å². The Labute approximate surface area is 112 Å². The van der Waals surface area contributed by atoms with E-state index in [2.05, 4.69) is 10.2 Å². The van der Waals surface area contributed by atoms with Gasteiger partial charge in [-0.25, -0.2) is 4.39 Å². The van der Waals surface area contributed by atoms with E-state index >= 15 is 0 Å². The molecule has 1 saturated carbocycles. The highest BCUT2D eigenvalue weighted by molar-refractivity contribution is 5.79. The van der Waals surface area contributed by atoms with Crippen LogP contribution in [0.1, 0.15) is 24.8 Å². The molecule has 2 aliphatic rings. The quantitative estimate of drug-likeness (QED) is 0.896. The monoisotopic (exact) mass is 262 g/mol. The Balaban J connectivity index is 1.50. The van der Waals surface area contributed by atoms with Crippen molar-refractivity contribution >= 4 is 5.91 Å². The molecule has 1 atom stereocenters. The van der Waals surface area contributed by atoms with Crippen LogP contribution in [0.3, 0.4) is 0 Å². The van der Waals surface area contributed by atoms with Crippen LogP contribution in [0, 0.1) is 5.82 Å². The predicted molar refractivity (Wildman–Crippen MR) is 71.2 cm³/mol. The number of nitrogens with zero attached hydrogens (tertiary/aromatic N) is 1. The summed E-state index contributed by atoms with van der Waals surface area (Å²) in [7, 11) is 0. The van der Waals surface area contributed by atoms with Gasteiger partial charge in [0.25, 0.3) is 0 Å². The van der Waals surface area contributed by atoms with Crippen LogP contribution >= 0.6 is 0 Å². The molecule has 102 valence electrons. The van der Waals surface area contributed by atoms with Crippen molar-refractivity contribution in [3.05, 3.63) is 35.6 Å². The highest BCUT2D eigenvalue weighted by Gasteiger charge is 2.34. The van der Waals surface area contributed by atoms with Crippen molar-refractivity contribution < 1.29 is 9.18 Å². The molecule has 0 aromatic heterocycles. The zero-order chi connectivity index (χ0) is 13.2. The van der Waals surface area contributed by atoms with Gasteiger partial charge in [0.15, 0.2) is 0 Å². The Morgan fingerprint density at radius 2 is 2.11 bits per heavy atom. The van der Waals surface area contributed by atoms with Gasteiger partial charge in [0.05, 0.1) is 6.42 Å². The molecule has 1 aromatic rings. The summed E-state index contributed by atoms with van der Waals surface area (Å²) in [5.41, 5.74) is 0.469. The molecule has 3 rings (SSSR count). The summed E-state index contributed by atoms with van der Waals surface area (Å²) >= 11 is 0. The van der Waals surface area contributed by atoms with Crippen LogP contribution in [0.15, 0.2) is 24.3 Å². The molecule has 2 fully saturated rings. The lowest BCUT2D eigenvalue weighted by atomic mass is 10.1. The standard InChI is InChI=1S/C15H19FN2O/c16-14-4-2-1-3-11(14)9-15(19)17-12-7-8-18(10-12)13-5-6-13/h1-4,12-13H,5-10H2,(H,17,19). The maximum atomic E-state index is 13.5. The molecule has 0 spiro atoms. The van der Waals surface area contributed by atoms with E-state index in [4.69, 9.17) is 0 Å². The number of nitrogens with one attached hydrogen (secondary N) is 1. The average Bonchev–Trinajstić information content (AvgIpc) is 3.14. The van der Waals surface area contributed by atoms with Crippen molar-refractivity contribution in [3.63, 3.8) is 0 Å². The van der Waals surface area contributed by atoms with E-state index in [9.17, 15) is 9.18 Å². The predicted octanol–water partition coefficient (Wildman–Crippen LogP) is 1.72. The Bertz CT molecular complexity index is 473. The summed E-state index contributed by atoms with van der Waals surface area (Å²) in [5, 5.41) is 3.02. The van der Waals surface area contributed by atoms with Gasteiger partial charge in [-0.05, 0) is 30.9 Å². The molecule has 1 saturated heterocycles. The van der Waals surface area contributed by atoms with Crippen LogP contribution < -0.4 is 5.32 Å². The molecule has 1 heterocycles. The number of carbonyl (C=O) groups excluding carboxylic acids is 1. The number of benzene rings is 1. The van der Waals surface area contributed by atoms with Crippen molar-refractivity contribution in [2.45, 2.75) is 37.8 Å². The second-order valence-corrected chi connectivity index (χ2v) is 5.55. The summed E-state index contributed by atoms with van der Waals surface area (Å²) in [5.74, 6) is -0.378. The van der Waals surface area contributed by atoms with Gasteiger partial charge in [-0.15, -0.1) is 0 Å². The van der Waals surface area contributed by atoms with Crippen LogP contribution in [0.25, 0.3) is 0 Å². The van der Waals surface area contributed by atoms with E-state index in [1.807, 2.05) is 0 Å². The van der Waals surface area contributed by atoms with Crippen LogP contribution in [0.4, 0.5) is 4.39 Å². The van der Waals surface area contributed by atoms with Gasteiger partial charge in [0.2, 0.25) is 5.91 Å². The van der Waals surface area contributed by atoms with E-state index in [1.54, 1.807) is 18.2 Å². The van der Waals surface area contributed by atoms with Crippen LogP contribution in [0.2, 0.25) is 0 Å².